The van der Waals surface area contributed by atoms with Crippen LogP contribution >= 0.6 is 15.9 Å². The third-order valence-electron chi connectivity index (χ3n) is 5.45. The van der Waals surface area contributed by atoms with Crippen LogP contribution in [-0.2, 0) is 16.1 Å². The molecule has 7 heteroatoms. The first-order chi connectivity index (χ1) is 15.4. The van der Waals surface area contributed by atoms with Crippen LogP contribution in [0.2, 0.25) is 0 Å². The number of halogens is 1. The number of hydrogen-bond acceptors (Lipinski definition) is 5. The SMILES string of the molecule is COc1ccc(/C(O)=C2\C(=O)C(=O)N(Cc3cccnc3)[C@@H]2c2cccc(Br)c2)cc1C. The molecule has 0 bridgehead atoms. The van der Waals surface area contributed by atoms with Gasteiger partial charge in [-0.3, -0.25) is 14.6 Å². The number of aryl methyl sites for hydroxylation is 1. The molecule has 0 saturated carbocycles. The zero-order chi connectivity index (χ0) is 22.8. The maximum absolute atomic E-state index is 13.1. The molecule has 162 valence electrons. The fourth-order valence-electron chi connectivity index (χ4n) is 3.94. The largest absolute Gasteiger partial charge is 0.507 e. The van der Waals surface area contributed by atoms with E-state index in [2.05, 4.69) is 20.9 Å². The highest BCUT2D eigenvalue weighted by atomic mass is 79.9. The normalized spacial score (nSPS) is 17.6. The third-order valence-corrected chi connectivity index (χ3v) is 5.94. The smallest absolute Gasteiger partial charge is 0.295 e. The topological polar surface area (TPSA) is 79.7 Å². The number of hydrogen-bond donors (Lipinski definition) is 1. The van der Waals surface area contributed by atoms with Gasteiger partial charge in [0.2, 0.25) is 0 Å². The highest BCUT2D eigenvalue weighted by molar-refractivity contribution is 9.10. The van der Waals surface area contributed by atoms with Gasteiger partial charge < -0.3 is 14.7 Å². The monoisotopic (exact) mass is 492 g/mol. The van der Waals surface area contributed by atoms with Crippen LogP contribution in [0.25, 0.3) is 5.76 Å². The average molecular weight is 493 g/mol. The molecule has 6 nitrogen and oxygen atoms in total. The molecule has 0 spiro atoms. The van der Waals surface area contributed by atoms with Gasteiger partial charge in [-0.25, -0.2) is 0 Å². The Labute approximate surface area is 194 Å². The second kappa shape index (κ2) is 8.96. The predicted octanol–water partition coefficient (Wildman–Crippen LogP) is 4.78. The van der Waals surface area contributed by atoms with E-state index in [0.29, 0.717) is 16.9 Å². The molecule has 2 aromatic carbocycles. The van der Waals surface area contributed by atoms with Crippen LogP contribution in [0.1, 0.15) is 28.3 Å². The van der Waals surface area contributed by atoms with E-state index >= 15 is 0 Å². The minimum Gasteiger partial charge on any atom is -0.507 e. The number of benzene rings is 2. The molecule has 2 heterocycles. The minimum absolute atomic E-state index is 0.0570. The summed E-state index contributed by atoms with van der Waals surface area (Å²) < 4.78 is 6.10. The van der Waals surface area contributed by atoms with Crippen molar-refractivity contribution >= 4 is 33.4 Å². The predicted molar refractivity (Wildman–Crippen MR) is 124 cm³/mol. The number of ketones is 1. The first-order valence-electron chi connectivity index (χ1n) is 9.98. The molecular weight excluding hydrogens is 472 g/mol. The Hall–Kier alpha value is -3.45. The standard InChI is InChI=1S/C25H21BrN2O4/c1-15-11-18(8-9-20(15)32-2)23(29)21-22(17-6-3-7-19(26)12-17)28(25(31)24(21)30)14-16-5-4-10-27-13-16/h3-13,22,29H,14H2,1-2H3/b23-21+/t22-/m1/s1. The molecular formula is C25H21BrN2O4. The molecule has 32 heavy (non-hydrogen) atoms. The summed E-state index contributed by atoms with van der Waals surface area (Å²) in [6, 6.07) is 15.4. The van der Waals surface area contributed by atoms with Crippen LogP contribution in [0.3, 0.4) is 0 Å². The number of aromatic nitrogens is 1. The Balaban J connectivity index is 1.87. The van der Waals surface area contributed by atoms with Crippen LogP contribution in [0, 0.1) is 6.92 Å². The number of methoxy groups -OCH3 is 1. The summed E-state index contributed by atoms with van der Waals surface area (Å²) in [6.45, 7) is 2.04. The number of aliphatic hydroxyl groups is 1. The van der Waals surface area contributed by atoms with Crippen LogP contribution < -0.4 is 4.74 Å². The Kier molecular flexibility index (Phi) is 6.10. The summed E-state index contributed by atoms with van der Waals surface area (Å²) in [4.78, 5) is 31.8. The number of ether oxygens (including phenoxy) is 1. The number of carbonyl (C=O) groups is 2. The van der Waals surface area contributed by atoms with E-state index in [1.54, 1.807) is 43.8 Å². The van der Waals surface area contributed by atoms with Crippen LogP contribution in [-0.4, -0.2) is 33.8 Å². The van der Waals surface area contributed by atoms with Crippen LogP contribution in [0.15, 0.2) is 77.0 Å². The Morgan fingerprint density at radius 3 is 2.62 bits per heavy atom. The third kappa shape index (κ3) is 4.03. The first-order valence-corrected chi connectivity index (χ1v) is 10.8. The van der Waals surface area contributed by atoms with Gasteiger partial charge in [-0.2, -0.15) is 0 Å². The zero-order valence-corrected chi connectivity index (χ0v) is 19.2. The van der Waals surface area contributed by atoms with Crippen molar-refractivity contribution in [2.75, 3.05) is 7.11 Å². The van der Waals surface area contributed by atoms with Gasteiger partial charge in [0.05, 0.1) is 18.7 Å². The second-order valence-corrected chi connectivity index (χ2v) is 8.44. The highest BCUT2D eigenvalue weighted by Crippen LogP contribution is 2.41. The van der Waals surface area contributed by atoms with Gasteiger partial charge in [0.15, 0.2) is 0 Å². The van der Waals surface area contributed by atoms with Crippen molar-refractivity contribution in [3.05, 3.63) is 99.3 Å². The number of carbonyl (C=O) groups excluding carboxylic acids is 2. The van der Waals surface area contributed by atoms with E-state index in [9.17, 15) is 14.7 Å². The van der Waals surface area contributed by atoms with E-state index < -0.39 is 17.7 Å². The maximum atomic E-state index is 13.1. The number of likely N-dealkylation sites (tertiary alicyclic amines) is 1. The lowest BCUT2D eigenvalue weighted by atomic mass is 9.94. The molecule has 1 fully saturated rings. The molecule has 1 aliphatic rings. The van der Waals surface area contributed by atoms with Crippen LogP contribution in [0.4, 0.5) is 0 Å². The van der Waals surface area contributed by atoms with E-state index in [-0.39, 0.29) is 17.9 Å². The molecule has 0 unspecified atom stereocenters. The second-order valence-electron chi connectivity index (χ2n) is 7.53. The number of aliphatic hydroxyl groups excluding tert-OH is 1. The maximum Gasteiger partial charge on any atom is 0.295 e. The number of Topliss-reactive ketones (excluding diaryl/α,β-unsaturated/α-hetero) is 1. The van der Waals surface area contributed by atoms with Crippen molar-refractivity contribution in [2.45, 2.75) is 19.5 Å². The van der Waals surface area contributed by atoms with E-state index in [1.807, 2.05) is 37.3 Å². The molecule has 3 aromatic rings. The average Bonchev–Trinajstić information content (AvgIpc) is 3.04. The fraction of sp³-hybridized carbons (Fsp3) is 0.160. The molecule has 4 rings (SSSR count). The molecule has 1 N–H and O–H groups in total. The highest BCUT2D eigenvalue weighted by Gasteiger charge is 2.46. The van der Waals surface area contributed by atoms with Gasteiger partial charge in [0.1, 0.15) is 11.5 Å². The van der Waals surface area contributed by atoms with Crippen molar-refractivity contribution in [3.8, 4) is 5.75 Å². The summed E-state index contributed by atoms with van der Waals surface area (Å²) >= 11 is 3.46. The number of nitrogens with zero attached hydrogens (tertiary/aromatic N) is 2. The van der Waals surface area contributed by atoms with Crippen molar-refractivity contribution in [3.63, 3.8) is 0 Å². The summed E-state index contributed by atoms with van der Waals surface area (Å²) in [5, 5.41) is 11.2. The molecule has 0 aliphatic carbocycles. The molecule has 1 aromatic heterocycles. The Morgan fingerprint density at radius 1 is 1.16 bits per heavy atom. The Bertz CT molecular complexity index is 1220. The number of rotatable bonds is 5. The summed E-state index contributed by atoms with van der Waals surface area (Å²) in [5.74, 6) is -0.926. The first kappa shape index (κ1) is 21.8. The molecule has 0 radical (unpaired) electrons. The quantitative estimate of drug-likeness (QED) is 0.314. The van der Waals surface area contributed by atoms with Gasteiger partial charge in [-0.1, -0.05) is 34.1 Å². The lowest BCUT2D eigenvalue weighted by Gasteiger charge is -2.25. The van der Waals surface area contributed by atoms with Gasteiger partial charge in [0.25, 0.3) is 11.7 Å². The molecule has 1 aliphatic heterocycles. The number of pyridine rings is 1. The van der Waals surface area contributed by atoms with E-state index in [0.717, 1.165) is 15.6 Å². The minimum atomic E-state index is -0.741. The van der Waals surface area contributed by atoms with Gasteiger partial charge in [-0.05, 0) is 60.0 Å². The van der Waals surface area contributed by atoms with Gasteiger partial charge in [0, 0.05) is 29.0 Å². The van der Waals surface area contributed by atoms with E-state index in [1.165, 1.54) is 4.90 Å². The number of amides is 1. The summed E-state index contributed by atoms with van der Waals surface area (Å²) in [6.07, 6.45) is 3.31. The van der Waals surface area contributed by atoms with E-state index in [4.69, 9.17) is 4.74 Å². The van der Waals surface area contributed by atoms with Crippen molar-refractivity contribution in [2.24, 2.45) is 0 Å². The zero-order valence-electron chi connectivity index (χ0n) is 17.6. The van der Waals surface area contributed by atoms with Crippen molar-refractivity contribution in [1.82, 2.24) is 9.88 Å². The fourth-order valence-corrected chi connectivity index (χ4v) is 4.35. The Morgan fingerprint density at radius 2 is 1.97 bits per heavy atom. The lowest BCUT2D eigenvalue weighted by molar-refractivity contribution is -0.140. The van der Waals surface area contributed by atoms with Crippen LogP contribution in [0.5, 0.6) is 5.75 Å². The van der Waals surface area contributed by atoms with Crippen molar-refractivity contribution in [1.29, 1.82) is 0 Å². The summed E-state index contributed by atoms with van der Waals surface area (Å²) in [7, 11) is 1.57. The molecule has 1 amide bonds. The molecule has 1 atom stereocenters. The van der Waals surface area contributed by atoms with Gasteiger partial charge >= 0.3 is 0 Å². The lowest BCUT2D eigenvalue weighted by Crippen LogP contribution is -2.29. The van der Waals surface area contributed by atoms with Crippen molar-refractivity contribution < 1.29 is 19.4 Å². The van der Waals surface area contributed by atoms with Gasteiger partial charge in [-0.15, -0.1) is 0 Å². The summed E-state index contributed by atoms with van der Waals surface area (Å²) in [5.41, 5.74) is 2.81. The molecule has 1 saturated heterocycles.